The van der Waals surface area contributed by atoms with Crippen molar-refractivity contribution in [3.8, 4) is 0 Å². The lowest BCUT2D eigenvalue weighted by atomic mass is 9.66. The van der Waals surface area contributed by atoms with E-state index in [1.165, 1.54) is 25.7 Å². The minimum absolute atomic E-state index is 0.0519. The number of rotatable bonds is 6. The Kier molecular flexibility index (Phi) is 5.34. The van der Waals surface area contributed by atoms with Crippen molar-refractivity contribution in [2.75, 3.05) is 6.54 Å². The van der Waals surface area contributed by atoms with Crippen molar-refractivity contribution in [3.63, 3.8) is 0 Å². The summed E-state index contributed by atoms with van der Waals surface area (Å²) in [4.78, 5) is 10.9. The summed E-state index contributed by atoms with van der Waals surface area (Å²) in [6, 6.07) is 7.10. The highest BCUT2D eigenvalue weighted by atomic mass is 16.6. The number of benzene rings is 1. The summed E-state index contributed by atoms with van der Waals surface area (Å²) in [7, 11) is 0. The van der Waals surface area contributed by atoms with Crippen molar-refractivity contribution in [2.45, 2.75) is 51.9 Å². The third kappa shape index (κ3) is 3.82. The Morgan fingerprint density at radius 2 is 2.00 bits per heavy atom. The van der Waals surface area contributed by atoms with Gasteiger partial charge in [0.2, 0.25) is 0 Å². The Labute approximate surface area is 126 Å². The highest BCUT2D eigenvalue weighted by Crippen LogP contribution is 2.43. The molecule has 0 spiro atoms. The number of nitro groups is 1. The molecule has 0 amide bonds. The summed E-state index contributed by atoms with van der Waals surface area (Å²) in [5.41, 5.74) is 7.19. The van der Waals surface area contributed by atoms with Gasteiger partial charge in [-0.05, 0) is 50.0 Å². The zero-order valence-corrected chi connectivity index (χ0v) is 12.9. The van der Waals surface area contributed by atoms with E-state index < -0.39 is 0 Å². The normalized spacial score (nSPS) is 25.7. The topological polar surface area (TPSA) is 69.2 Å². The molecule has 4 heteroatoms. The van der Waals surface area contributed by atoms with E-state index in [1.54, 1.807) is 12.1 Å². The standard InChI is InChI=1S/C17H26N2O2/c1-2-5-14-8-10-17(13-18,11-9-14)12-15-6-3-4-7-16(15)19(20)21/h3-4,6-7,14H,2,5,8-13,18H2,1H3. The summed E-state index contributed by atoms with van der Waals surface area (Å²) in [6.07, 6.45) is 7.90. The van der Waals surface area contributed by atoms with Gasteiger partial charge in [0, 0.05) is 11.6 Å². The minimum atomic E-state index is -0.276. The highest BCUT2D eigenvalue weighted by Gasteiger charge is 2.35. The van der Waals surface area contributed by atoms with Crippen molar-refractivity contribution < 1.29 is 4.92 Å². The molecule has 1 aliphatic carbocycles. The quantitative estimate of drug-likeness (QED) is 0.634. The molecule has 1 fully saturated rings. The summed E-state index contributed by atoms with van der Waals surface area (Å²) in [5.74, 6) is 0.820. The van der Waals surface area contributed by atoms with Gasteiger partial charge in [-0.15, -0.1) is 0 Å². The van der Waals surface area contributed by atoms with Gasteiger partial charge in [0.25, 0.3) is 5.69 Å². The molecule has 1 aromatic carbocycles. The van der Waals surface area contributed by atoms with E-state index >= 15 is 0 Å². The number of hydrogen-bond acceptors (Lipinski definition) is 3. The Morgan fingerprint density at radius 3 is 2.57 bits per heavy atom. The Hall–Kier alpha value is -1.42. The number of nitrogens with two attached hydrogens (primary N) is 1. The van der Waals surface area contributed by atoms with Crippen LogP contribution >= 0.6 is 0 Å². The molecule has 2 N–H and O–H groups in total. The summed E-state index contributed by atoms with van der Waals surface area (Å²) in [5, 5.41) is 11.2. The Bertz CT molecular complexity index is 479. The van der Waals surface area contributed by atoms with Crippen LogP contribution in [0.2, 0.25) is 0 Å². The lowest BCUT2D eigenvalue weighted by molar-refractivity contribution is -0.385. The van der Waals surface area contributed by atoms with Gasteiger partial charge >= 0.3 is 0 Å². The van der Waals surface area contributed by atoms with Gasteiger partial charge in [0.05, 0.1) is 4.92 Å². The highest BCUT2D eigenvalue weighted by molar-refractivity contribution is 5.40. The van der Waals surface area contributed by atoms with Gasteiger partial charge < -0.3 is 5.73 Å². The zero-order chi connectivity index (χ0) is 15.3. The van der Waals surface area contributed by atoms with Crippen molar-refractivity contribution in [1.82, 2.24) is 0 Å². The van der Waals surface area contributed by atoms with E-state index in [-0.39, 0.29) is 16.0 Å². The second kappa shape index (κ2) is 7.03. The number of nitrogens with zero attached hydrogens (tertiary/aromatic N) is 1. The summed E-state index contributed by atoms with van der Waals surface area (Å²) >= 11 is 0. The fourth-order valence-corrected chi connectivity index (χ4v) is 3.68. The summed E-state index contributed by atoms with van der Waals surface area (Å²) < 4.78 is 0. The Morgan fingerprint density at radius 1 is 1.33 bits per heavy atom. The van der Waals surface area contributed by atoms with Crippen molar-refractivity contribution in [1.29, 1.82) is 0 Å². The van der Waals surface area contributed by atoms with Crippen molar-refractivity contribution in [3.05, 3.63) is 39.9 Å². The minimum Gasteiger partial charge on any atom is -0.330 e. The molecule has 1 saturated carbocycles. The van der Waals surface area contributed by atoms with E-state index in [4.69, 9.17) is 5.73 Å². The van der Waals surface area contributed by atoms with Crippen LogP contribution in [0.4, 0.5) is 5.69 Å². The maximum absolute atomic E-state index is 11.2. The predicted molar refractivity (Wildman–Crippen MR) is 85.2 cm³/mol. The molecule has 0 aliphatic heterocycles. The predicted octanol–water partition coefficient (Wildman–Crippen LogP) is 4.07. The molecule has 116 valence electrons. The number of nitro benzene ring substituents is 1. The second-order valence-corrected chi connectivity index (χ2v) is 6.50. The smallest absolute Gasteiger partial charge is 0.272 e. The SMILES string of the molecule is CCCC1CCC(CN)(Cc2ccccc2[N+](=O)[O-])CC1. The van der Waals surface area contributed by atoms with E-state index in [0.717, 1.165) is 30.7 Å². The molecule has 2 rings (SSSR count). The maximum atomic E-state index is 11.2. The first-order valence-electron chi connectivity index (χ1n) is 8.02. The zero-order valence-electron chi connectivity index (χ0n) is 12.9. The van der Waals surface area contributed by atoms with E-state index in [0.29, 0.717) is 6.54 Å². The van der Waals surface area contributed by atoms with Gasteiger partial charge in [-0.1, -0.05) is 38.0 Å². The molecule has 0 unspecified atom stereocenters. The van der Waals surface area contributed by atoms with Gasteiger partial charge in [-0.25, -0.2) is 0 Å². The maximum Gasteiger partial charge on any atom is 0.272 e. The van der Waals surface area contributed by atoms with E-state index in [1.807, 2.05) is 12.1 Å². The van der Waals surface area contributed by atoms with Crippen LogP contribution in [0.15, 0.2) is 24.3 Å². The summed E-state index contributed by atoms with van der Waals surface area (Å²) in [6.45, 7) is 2.86. The molecule has 1 aliphatic rings. The van der Waals surface area contributed by atoms with Crippen LogP contribution in [-0.2, 0) is 6.42 Å². The lowest BCUT2D eigenvalue weighted by Gasteiger charge is -2.39. The van der Waals surface area contributed by atoms with Gasteiger partial charge in [0.15, 0.2) is 0 Å². The third-order valence-corrected chi connectivity index (χ3v) is 5.05. The van der Waals surface area contributed by atoms with Crippen molar-refractivity contribution in [2.24, 2.45) is 17.1 Å². The second-order valence-electron chi connectivity index (χ2n) is 6.50. The van der Waals surface area contributed by atoms with Crippen LogP contribution in [0.5, 0.6) is 0 Å². The van der Waals surface area contributed by atoms with Crippen LogP contribution in [0.25, 0.3) is 0 Å². The van der Waals surface area contributed by atoms with Crippen molar-refractivity contribution >= 4 is 5.69 Å². The molecule has 0 bridgehead atoms. The van der Waals surface area contributed by atoms with Crippen LogP contribution in [0.3, 0.4) is 0 Å². The third-order valence-electron chi connectivity index (χ3n) is 5.05. The fourth-order valence-electron chi connectivity index (χ4n) is 3.68. The van der Waals surface area contributed by atoms with Gasteiger partial charge in [0.1, 0.15) is 0 Å². The first-order valence-corrected chi connectivity index (χ1v) is 8.02. The van der Waals surface area contributed by atoms with Gasteiger partial charge in [-0.3, -0.25) is 10.1 Å². The molecular formula is C17H26N2O2. The molecular weight excluding hydrogens is 264 g/mol. The number of hydrogen-bond donors (Lipinski definition) is 1. The van der Waals surface area contributed by atoms with Gasteiger partial charge in [-0.2, -0.15) is 0 Å². The van der Waals surface area contributed by atoms with E-state index in [2.05, 4.69) is 6.92 Å². The average Bonchev–Trinajstić information content (AvgIpc) is 2.50. The number of para-hydroxylation sites is 1. The molecule has 1 aromatic rings. The average molecular weight is 290 g/mol. The first kappa shape index (κ1) is 16.0. The molecule has 0 saturated heterocycles. The Balaban J connectivity index is 2.11. The monoisotopic (exact) mass is 290 g/mol. The van der Waals surface area contributed by atoms with E-state index in [9.17, 15) is 10.1 Å². The first-order chi connectivity index (χ1) is 10.1. The fraction of sp³-hybridized carbons (Fsp3) is 0.647. The molecule has 0 atom stereocenters. The molecule has 0 aromatic heterocycles. The molecule has 0 heterocycles. The lowest BCUT2D eigenvalue weighted by Crippen LogP contribution is -2.37. The van der Waals surface area contributed by atoms with Crippen LogP contribution in [0, 0.1) is 21.4 Å². The van der Waals surface area contributed by atoms with Crippen LogP contribution < -0.4 is 5.73 Å². The van der Waals surface area contributed by atoms with Crippen LogP contribution in [0.1, 0.15) is 51.0 Å². The molecule has 21 heavy (non-hydrogen) atoms. The molecule has 0 radical (unpaired) electrons. The largest absolute Gasteiger partial charge is 0.330 e. The van der Waals surface area contributed by atoms with Crippen LogP contribution in [-0.4, -0.2) is 11.5 Å². The molecule has 4 nitrogen and oxygen atoms in total.